The largest absolute Gasteiger partial charge is 0.0622 e. The molecule has 0 saturated carbocycles. The van der Waals surface area contributed by atoms with Crippen LogP contribution in [0.1, 0.15) is 49.9 Å². The van der Waals surface area contributed by atoms with Crippen LogP contribution in [0.3, 0.4) is 0 Å². The lowest BCUT2D eigenvalue weighted by molar-refractivity contribution is 0.601. The second kappa shape index (κ2) is 11.1. The molecule has 0 fully saturated rings. The van der Waals surface area contributed by atoms with E-state index in [1.165, 1.54) is 110 Å². The van der Waals surface area contributed by atoms with Gasteiger partial charge in [0, 0.05) is 10.8 Å². The number of hydrogen-bond acceptors (Lipinski definition) is 0. The summed E-state index contributed by atoms with van der Waals surface area (Å²) in [6.07, 6.45) is 0. The highest BCUT2D eigenvalue weighted by Crippen LogP contribution is 2.59. The van der Waals surface area contributed by atoms with Crippen LogP contribution in [-0.2, 0) is 10.8 Å². The van der Waals surface area contributed by atoms with E-state index in [1.807, 2.05) is 0 Å². The van der Waals surface area contributed by atoms with Crippen molar-refractivity contribution in [3.63, 3.8) is 0 Å². The van der Waals surface area contributed by atoms with Crippen molar-refractivity contribution >= 4 is 32.3 Å². The van der Waals surface area contributed by atoms with Crippen molar-refractivity contribution in [3.8, 4) is 55.6 Å². The first-order chi connectivity index (χ1) is 26.3. The summed E-state index contributed by atoms with van der Waals surface area (Å²) < 4.78 is 0. The fraction of sp³-hybridized carbons (Fsp3) is 0.111. The lowest BCUT2D eigenvalue weighted by atomic mass is 9.72. The van der Waals surface area contributed by atoms with Gasteiger partial charge in [0.15, 0.2) is 0 Å². The molecule has 0 aliphatic heterocycles. The highest BCUT2D eigenvalue weighted by atomic mass is 14.5. The summed E-state index contributed by atoms with van der Waals surface area (Å²) in [7, 11) is 0. The maximum Gasteiger partial charge on any atom is 0.0162 e. The monoisotopic (exact) mass is 688 g/mol. The van der Waals surface area contributed by atoms with Crippen LogP contribution in [0, 0.1) is 0 Å². The number of hydrogen-bond donors (Lipinski definition) is 0. The van der Waals surface area contributed by atoms with E-state index in [-0.39, 0.29) is 10.8 Å². The summed E-state index contributed by atoms with van der Waals surface area (Å²) in [5.74, 6) is 0. The molecule has 0 heteroatoms. The number of rotatable bonds is 3. The molecule has 0 radical (unpaired) electrons. The Morgan fingerprint density at radius 1 is 0.278 bits per heavy atom. The minimum atomic E-state index is -0.156. The van der Waals surface area contributed by atoms with Crippen molar-refractivity contribution in [1.82, 2.24) is 0 Å². The zero-order valence-corrected chi connectivity index (χ0v) is 31.2. The summed E-state index contributed by atoms with van der Waals surface area (Å²) in [6, 6.07) is 63.6. The van der Waals surface area contributed by atoms with Crippen LogP contribution in [0.25, 0.3) is 88.0 Å². The lowest BCUT2D eigenvalue weighted by Gasteiger charge is -2.31. The number of fused-ring (bicyclic) bond motifs is 10. The van der Waals surface area contributed by atoms with Crippen LogP contribution in [-0.4, -0.2) is 0 Å². The van der Waals surface area contributed by atoms with Gasteiger partial charge in [-0.2, -0.15) is 0 Å². The molecule has 0 saturated heterocycles. The van der Waals surface area contributed by atoms with Gasteiger partial charge in [0.25, 0.3) is 0 Å². The predicted octanol–water partition coefficient (Wildman–Crippen LogP) is 14.8. The molecule has 0 amide bonds. The maximum atomic E-state index is 2.52. The zero-order chi connectivity index (χ0) is 36.3. The number of benzene rings is 9. The first-order valence-corrected chi connectivity index (χ1v) is 19.3. The average molecular weight is 689 g/mol. The fourth-order valence-corrected chi connectivity index (χ4v) is 10.5. The van der Waals surface area contributed by atoms with E-state index in [0.717, 1.165) is 0 Å². The highest BCUT2D eigenvalue weighted by Gasteiger charge is 2.45. The van der Waals surface area contributed by atoms with E-state index in [9.17, 15) is 0 Å². The molecule has 0 heterocycles. The SMILES string of the molecule is CC1(C)c2ccccc2-c2ccc3c(c21)C(C)(C)c1cc(-c2c4ccccc4c(-c4ccc(-c5ccccc5)c5ccccc45)c4ccccc24)ccc1-3. The Balaban J connectivity index is 1.14. The molecule has 0 atom stereocenters. The molecule has 11 rings (SSSR count). The van der Waals surface area contributed by atoms with Gasteiger partial charge in [-0.1, -0.05) is 191 Å². The molecular weight excluding hydrogens is 649 g/mol. The topological polar surface area (TPSA) is 0 Å². The lowest BCUT2D eigenvalue weighted by Crippen LogP contribution is -2.24. The van der Waals surface area contributed by atoms with Gasteiger partial charge in [0.2, 0.25) is 0 Å². The van der Waals surface area contributed by atoms with Crippen molar-refractivity contribution < 1.29 is 0 Å². The van der Waals surface area contributed by atoms with Crippen LogP contribution >= 0.6 is 0 Å². The molecule has 9 aromatic carbocycles. The molecule has 0 aromatic heterocycles. The molecule has 256 valence electrons. The van der Waals surface area contributed by atoms with E-state index in [1.54, 1.807) is 0 Å². The van der Waals surface area contributed by atoms with Crippen LogP contribution in [0.5, 0.6) is 0 Å². The highest BCUT2D eigenvalue weighted by molar-refractivity contribution is 6.24. The Morgan fingerprint density at radius 2 is 0.704 bits per heavy atom. The maximum absolute atomic E-state index is 2.52. The Hall–Kier alpha value is -6.24. The quantitative estimate of drug-likeness (QED) is 0.162. The molecule has 54 heavy (non-hydrogen) atoms. The molecule has 0 bridgehead atoms. The van der Waals surface area contributed by atoms with Gasteiger partial charge >= 0.3 is 0 Å². The predicted molar refractivity (Wildman–Crippen MR) is 230 cm³/mol. The molecule has 2 aliphatic rings. The van der Waals surface area contributed by atoms with E-state index in [4.69, 9.17) is 0 Å². The molecule has 2 aliphatic carbocycles. The normalized spacial score (nSPS) is 14.6. The minimum Gasteiger partial charge on any atom is -0.0622 e. The fourth-order valence-electron chi connectivity index (χ4n) is 10.5. The average Bonchev–Trinajstić information content (AvgIpc) is 3.59. The standard InChI is InChI=1S/C54H40/c1-53(2)47-25-15-14-20-38(47)45-30-31-46-39-27-26-34(32-48(39)54(3,4)52(46)51(45)53)49-40-21-10-12-23-42(40)50(43-24-13-11-22-41(43)49)44-29-28-35(33-16-6-5-7-17-33)36-18-8-9-19-37(36)44/h5-32H,1-4H3. The van der Waals surface area contributed by atoms with E-state index in [2.05, 4.69) is 198 Å². The third-order valence-electron chi connectivity index (χ3n) is 12.8. The van der Waals surface area contributed by atoms with Crippen molar-refractivity contribution in [3.05, 3.63) is 192 Å². The Labute approximate surface area is 317 Å². The summed E-state index contributed by atoms with van der Waals surface area (Å²) in [4.78, 5) is 0. The van der Waals surface area contributed by atoms with Crippen LogP contribution in [0.2, 0.25) is 0 Å². The summed E-state index contributed by atoms with van der Waals surface area (Å²) in [6.45, 7) is 9.73. The van der Waals surface area contributed by atoms with Gasteiger partial charge in [-0.15, -0.1) is 0 Å². The van der Waals surface area contributed by atoms with E-state index < -0.39 is 0 Å². The third-order valence-corrected chi connectivity index (χ3v) is 12.8. The zero-order valence-electron chi connectivity index (χ0n) is 31.2. The molecule has 9 aromatic rings. The van der Waals surface area contributed by atoms with Gasteiger partial charge in [-0.25, -0.2) is 0 Å². The van der Waals surface area contributed by atoms with Crippen molar-refractivity contribution in [1.29, 1.82) is 0 Å². The van der Waals surface area contributed by atoms with Gasteiger partial charge in [0.1, 0.15) is 0 Å². The molecule has 0 nitrogen and oxygen atoms in total. The van der Waals surface area contributed by atoms with Crippen LogP contribution in [0.4, 0.5) is 0 Å². The summed E-state index contributed by atoms with van der Waals surface area (Å²) in [5, 5.41) is 7.68. The van der Waals surface area contributed by atoms with Gasteiger partial charge < -0.3 is 0 Å². The van der Waals surface area contributed by atoms with Crippen molar-refractivity contribution in [2.45, 2.75) is 38.5 Å². The summed E-state index contributed by atoms with van der Waals surface area (Å²) >= 11 is 0. The molecular formula is C54H40. The molecule has 0 unspecified atom stereocenters. The smallest absolute Gasteiger partial charge is 0.0162 e. The van der Waals surface area contributed by atoms with E-state index in [0.29, 0.717) is 0 Å². The first kappa shape index (κ1) is 31.3. The Bertz CT molecular complexity index is 2970. The Morgan fingerprint density at radius 3 is 1.33 bits per heavy atom. The van der Waals surface area contributed by atoms with Crippen molar-refractivity contribution in [2.75, 3.05) is 0 Å². The molecule has 0 spiro atoms. The van der Waals surface area contributed by atoms with Crippen molar-refractivity contribution in [2.24, 2.45) is 0 Å². The van der Waals surface area contributed by atoms with Crippen LogP contribution in [0.15, 0.2) is 170 Å². The van der Waals surface area contributed by atoms with Gasteiger partial charge in [0.05, 0.1) is 0 Å². The van der Waals surface area contributed by atoms with Gasteiger partial charge in [-0.3, -0.25) is 0 Å². The second-order valence-electron chi connectivity index (χ2n) is 16.4. The third kappa shape index (κ3) is 4.14. The Kier molecular flexibility index (Phi) is 6.46. The minimum absolute atomic E-state index is 0.0644. The first-order valence-electron chi connectivity index (χ1n) is 19.3. The van der Waals surface area contributed by atoms with E-state index >= 15 is 0 Å². The molecule has 0 N–H and O–H groups in total. The summed E-state index contributed by atoms with van der Waals surface area (Å²) in [5.41, 5.74) is 18.8. The van der Waals surface area contributed by atoms with Gasteiger partial charge in [-0.05, 0) is 116 Å². The van der Waals surface area contributed by atoms with Crippen LogP contribution < -0.4 is 0 Å². The second-order valence-corrected chi connectivity index (χ2v) is 16.4.